The van der Waals surface area contributed by atoms with Crippen molar-refractivity contribution in [2.75, 3.05) is 0 Å². The highest BCUT2D eigenvalue weighted by Crippen LogP contribution is 2.48. The van der Waals surface area contributed by atoms with Crippen LogP contribution < -0.4 is 10.4 Å². The quantitative estimate of drug-likeness (QED) is 0.282. The van der Waals surface area contributed by atoms with Gasteiger partial charge in [-0.25, -0.2) is 19.3 Å². The van der Waals surface area contributed by atoms with E-state index in [0.29, 0.717) is 45.2 Å². The molecule has 4 aromatic heterocycles. The van der Waals surface area contributed by atoms with Crippen molar-refractivity contribution < 1.29 is 9.15 Å². The molecule has 0 saturated heterocycles. The first kappa shape index (κ1) is 20.0. The van der Waals surface area contributed by atoms with Gasteiger partial charge in [0.15, 0.2) is 17.2 Å². The second-order valence-corrected chi connectivity index (χ2v) is 9.03. The molecule has 35 heavy (non-hydrogen) atoms. The monoisotopic (exact) mass is 523 g/mol. The number of para-hydroxylation sites is 1. The van der Waals surface area contributed by atoms with Gasteiger partial charge in [-0.05, 0) is 42.0 Å². The Hall–Kier alpha value is -4.37. The molecule has 0 bridgehead atoms. The number of fused-ring (bicyclic) bond motifs is 6. The predicted molar refractivity (Wildman–Crippen MR) is 132 cm³/mol. The van der Waals surface area contributed by atoms with Gasteiger partial charge in [-0.2, -0.15) is 0 Å². The molecule has 0 saturated carbocycles. The van der Waals surface area contributed by atoms with Crippen molar-refractivity contribution in [2.45, 2.75) is 5.92 Å². The Balaban J connectivity index is 1.54. The largest absolute Gasteiger partial charge is 0.437 e. The van der Waals surface area contributed by atoms with E-state index < -0.39 is 11.5 Å². The molecule has 6 aromatic rings. The number of hydrogen-bond donors (Lipinski definition) is 0. The van der Waals surface area contributed by atoms with Crippen LogP contribution in [0.25, 0.3) is 28.0 Å². The molecule has 0 fully saturated rings. The molecule has 1 unspecified atom stereocenters. The molecule has 1 aliphatic heterocycles. The van der Waals surface area contributed by atoms with Crippen molar-refractivity contribution >= 4 is 32.5 Å². The molecule has 1 aliphatic rings. The lowest BCUT2D eigenvalue weighted by molar-refractivity contribution is 0.422. The maximum absolute atomic E-state index is 13.3. The van der Waals surface area contributed by atoms with Gasteiger partial charge in [0.05, 0.1) is 22.4 Å². The Morgan fingerprint density at radius 3 is 2.57 bits per heavy atom. The summed E-state index contributed by atoms with van der Waals surface area (Å²) in [6.07, 6.45) is 4.96. The van der Waals surface area contributed by atoms with Crippen molar-refractivity contribution in [3.8, 4) is 23.0 Å². The third-order valence-electron chi connectivity index (χ3n) is 6.10. The maximum atomic E-state index is 13.3. The normalized spacial score (nSPS) is 14.5. The molecule has 0 spiro atoms. The Morgan fingerprint density at radius 1 is 0.943 bits per heavy atom. The van der Waals surface area contributed by atoms with E-state index in [1.807, 2.05) is 54.6 Å². The fraction of sp³-hybridized carbons (Fsp3) is 0.0385. The van der Waals surface area contributed by atoms with Gasteiger partial charge in [-0.15, -0.1) is 5.10 Å². The van der Waals surface area contributed by atoms with Crippen molar-refractivity contribution in [1.29, 1.82) is 0 Å². The average molecular weight is 524 g/mol. The molecular formula is C26H14BrN5O3. The first-order chi connectivity index (χ1) is 17.2. The van der Waals surface area contributed by atoms with E-state index in [4.69, 9.17) is 14.1 Å². The van der Waals surface area contributed by atoms with Crippen LogP contribution in [0.2, 0.25) is 0 Å². The highest BCUT2D eigenvalue weighted by atomic mass is 79.9. The number of rotatable bonds is 2. The summed E-state index contributed by atoms with van der Waals surface area (Å²) in [5.74, 6) is 0.821. The molecule has 0 aliphatic carbocycles. The van der Waals surface area contributed by atoms with Crippen molar-refractivity contribution in [1.82, 2.24) is 24.6 Å². The molecular weight excluding hydrogens is 510 g/mol. The second kappa shape index (κ2) is 7.57. The van der Waals surface area contributed by atoms with Crippen LogP contribution in [-0.2, 0) is 0 Å². The van der Waals surface area contributed by atoms with Crippen LogP contribution in [0.1, 0.15) is 22.6 Å². The number of benzene rings is 2. The zero-order chi connectivity index (χ0) is 23.5. The van der Waals surface area contributed by atoms with E-state index in [-0.39, 0.29) is 0 Å². The van der Waals surface area contributed by atoms with Gasteiger partial charge in [0.1, 0.15) is 11.9 Å². The Kier molecular flexibility index (Phi) is 4.34. The third kappa shape index (κ3) is 3.08. The summed E-state index contributed by atoms with van der Waals surface area (Å²) in [5.41, 5.74) is 3.27. The van der Waals surface area contributed by atoms with Gasteiger partial charge >= 0.3 is 5.63 Å². The summed E-state index contributed by atoms with van der Waals surface area (Å²) >= 11 is 3.46. The molecule has 168 valence electrons. The van der Waals surface area contributed by atoms with Crippen LogP contribution in [0.5, 0.6) is 11.6 Å². The molecule has 1 atom stereocenters. The minimum Gasteiger partial charge on any atom is -0.437 e. The van der Waals surface area contributed by atoms with Gasteiger partial charge in [0.2, 0.25) is 5.88 Å². The van der Waals surface area contributed by atoms with Crippen LogP contribution in [-0.4, -0.2) is 24.6 Å². The van der Waals surface area contributed by atoms with Gasteiger partial charge in [-0.3, -0.25) is 4.98 Å². The summed E-state index contributed by atoms with van der Waals surface area (Å²) in [6.45, 7) is 0. The van der Waals surface area contributed by atoms with Crippen LogP contribution in [0.3, 0.4) is 0 Å². The lowest BCUT2D eigenvalue weighted by Gasteiger charge is -2.27. The van der Waals surface area contributed by atoms with Crippen molar-refractivity contribution in [3.05, 3.63) is 111 Å². The zero-order valence-corrected chi connectivity index (χ0v) is 19.5. The second-order valence-electron chi connectivity index (χ2n) is 8.12. The van der Waals surface area contributed by atoms with E-state index in [0.717, 1.165) is 15.6 Å². The SMILES string of the molecule is O=c1oc2ccccc2c2c1C(c1ccncc1)c1c(ncn3nc(-c4ccc(Br)cc4)nc13)O2. The molecule has 0 amide bonds. The van der Waals surface area contributed by atoms with E-state index in [9.17, 15) is 4.79 Å². The Labute approximate surface area is 206 Å². The van der Waals surface area contributed by atoms with Crippen LogP contribution in [0, 0.1) is 0 Å². The van der Waals surface area contributed by atoms with E-state index in [2.05, 4.69) is 31.0 Å². The Morgan fingerprint density at radius 2 is 1.74 bits per heavy atom. The topological polar surface area (TPSA) is 95.4 Å². The molecule has 0 N–H and O–H groups in total. The van der Waals surface area contributed by atoms with Gasteiger partial charge in [0, 0.05) is 22.4 Å². The lowest BCUT2D eigenvalue weighted by atomic mass is 9.84. The summed E-state index contributed by atoms with van der Waals surface area (Å²) in [4.78, 5) is 26.9. The van der Waals surface area contributed by atoms with Crippen molar-refractivity contribution in [3.63, 3.8) is 0 Å². The number of halogens is 1. The fourth-order valence-electron chi connectivity index (χ4n) is 4.54. The molecule has 7 rings (SSSR count). The van der Waals surface area contributed by atoms with Gasteiger partial charge in [0.25, 0.3) is 0 Å². The summed E-state index contributed by atoms with van der Waals surface area (Å²) in [5, 5.41) is 5.34. The molecule has 0 radical (unpaired) electrons. The zero-order valence-electron chi connectivity index (χ0n) is 17.9. The van der Waals surface area contributed by atoms with Crippen LogP contribution >= 0.6 is 15.9 Å². The fourth-order valence-corrected chi connectivity index (χ4v) is 4.80. The number of pyridine rings is 1. The molecule has 9 heteroatoms. The van der Waals surface area contributed by atoms with Gasteiger partial charge < -0.3 is 9.15 Å². The van der Waals surface area contributed by atoms with Gasteiger partial charge in [-0.1, -0.05) is 40.2 Å². The number of ether oxygens (including phenoxy) is 1. The van der Waals surface area contributed by atoms with Crippen LogP contribution in [0.15, 0.2) is 93.1 Å². The lowest BCUT2D eigenvalue weighted by Crippen LogP contribution is -2.22. The third-order valence-corrected chi connectivity index (χ3v) is 6.63. The first-order valence-electron chi connectivity index (χ1n) is 10.8. The molecule has 2 aromatic carbocycles. The maximum Gasteiger partial charge on any atom is 0.344 e. The minimum absolute atomic E-state index is 0.373. The van der Waals surface area contributed by atoms with E-state index >= 15 is 0 Å². The van der Waals surface area contributed by atoms with E-state index in [1.54, 1.807) is 29.3 Å². The standard InChI is InChI=1S/C26H14BrN5O3/c27-16-7-5-15(6-8-16)23-30-24-21-19(14-9-11-28-12-10-14)20-22(35-25(21)29-13-32(24)31-23)17-3-1-2-4-18(17)34-26(20)33/h1-13,19H. The summed E-state index contributed by atoms with van der Waals surface area (Å²) < 4.78 is 14.6. The number of nitrogens with zero attached hydrogens (tertiary/aromatic N) is 5. The van der Waals surface area contributed by atoms with Crippen LogP contribution in [0.4, 0.5) is 0 Å². The average Bonchev–Trinajstić information content (AvgIpc) is 3.33. The molecule has 8 nitrogen and oxygen atoms in total. The minimum atomic E-state index is -0.532. The highest BCUT2D eigenvalue weighted by molar-refractivity contribution is 9.10. The highest BCUT2D eigenvalue weighted by Gasteiger charge is 2.37. The number of aromatic nitrogens is 5. The first-order valence-corrected chi connectivity index (χ1v) is 11.6. The summed E-state index contributed by atoms with van der Waals surface area (Å²) in [7, 11) is 0. The number of hydrogen-bond acceptors (Lipinski definition) is 7. The predicted octanol–water partition coefficient (Wildman–Crippen LogP) is 5.34. The molecule has 5 heterocycles. The summed E-state index contributed by atoms with van der Waals surface area (Å²) in [6, 6.07) is 18.8. The van der Waals surface area contributed by atoms with E-state index in [1.165, 1.54) is 0 Å². The Bertz CT molecular complexity index is 1810. The smallest absolute Gasteiger partial charge is 0.344 e. The van der Waals surface area contributed by atoms with Crippen molar-refractivity contribution in [2.24, 2.45) is 0 Å².